The maximum absolute atomic E-state index is 10.3. The molecule has 0 aromatic heterocycles. The van der Waals surface area contributed by atoms with E-state index in [-0.39, 0.29) is 6.10 Å². The Morgan fingerprint density at radius 3 is 2.42 bits per heavy atom. The van der Waals surface area contributed by atoms with Crippen LogP contribution < -0.4 is 4.74 Å². The Balaban J connectivity index is 2.64. The largest absolute Gasteiger partial charge is 0.483 e. The smallest absolute Gasteiger partial charge is 0.160 e. The number of carbonyl (C=O) groups is 1. The van der Waals surface area contributed by atoms with Gasteiger partial charge in [0.25, 0.3) is 0 Å². The fraction of sp³-hybridized carbons (Fsp3) is 0.300. The summed E-state index contributed by atoms with van der Waals surface area (Å²) in [7, 11) is 0. The predicted octanol–water partition coefficient (Wildman–Crippen LogP) is 1.96. The van der Waals surface area contributed by atoms with Gasteiger partial charge in [0.15, 0.2) is 12.4 Å². The van der Waals surface area contributed by atoms with Crippen LogP contribution in [-0.2, 0) is 4.79 Å². The van der Waals surface area contributed by atoms with E-state index in [4.69, 9.17) is 4.74 Å². The fourth-order valence-corrected chi connectivity index (χ4v) is 0.859. The first-order valence-electron chi connectivity index (χ1n) is 3.91. The van der Waals surface area contributed by atoms with Crippen LogP contribution in [0.15, 0.2) is 24.3 Å². The zero-order valence-corrected chi connectivity index (χ0v) is 7.28. The molecule has 0 saturated carbocycles. The second-order valence-corrected chi connectivity index (χ2v) is 2.77. The summed E-state index contributed by atoms with van der Waals surface area (Å²) in [5.74, 6) is 0.736. The van der Waals surface area contributed by atoms with Crippen molar-refractivity contribution in [2.75, 3.05) is 0 Å². The molecule has 0 aliphatic carbocycles. The first-order valence-corrected chi connectivity index (χ1v) is 3.91. The van der Waals surface area contributed by atoms with Gasteiger partial charge in [-0.1, -0.05) is 17.7 Å². The molecule has 2 nitrogen and oxygen atoms in total. The minimum absolute atomic E-state index is 0.368. The number of ether oxygens (including phenoxy) is 1. The lowest BCUT2D eigenvalue weighted by molar-refractivity contribution is -0.113. The van der Waals surface area contributed by atoms with E-state index in [9.17, 15) is 4.79 Å². The third-order valence-corrected chi connectivity index (χ3v) is 1.53. The second-order valence-electron chi connectivity index (χ2n) is 2.77. The third-order valence-electron chi connectivity index (χ3n) is 1.53. The molecule has 0 radical (unpaired) electrons. The molecule has 0 heterocycles. The quantitative estimate of drug-likeness (QED) is 0.638. The molecule has 0 fully saturated rings. The van der Waals surface area contributed by atoms with Crippen LogP contribution in [0.4, 0.5) is 0 Å². The van der Waals surface area contributed by atoms with E-state index in [0.717, 1.165) is 12.0 Å². The Morgan fingerprint density at radius 2 is 1.92 bits per heavy atom. The van der Waals surface area contributed by atoms with Crippen LogP contribution in [0, 0.1) is 6.92 Å². The molecule has 1 unspecified atom stereocenters. The SMILES string of the molecule is Cc1ccc(OC(C)C=O)cc1. The Morgan fingerprint density at radius 1 is 1.33 bits per heavy atom. The highest BCUT2D eigenvalue weighted by molar-refractivity contribution is 5.56. The van der Waals surface area contributed by atoms with E-state index < -0.39 is 0 Å². The highest BCUT2D eigenvalue weighted by Gasteiger charge is 1.99. The monoisotopic (exact) mass is 164 g/mol. The van der Waals surface area contributed by atoms with Gasteiger partial charge >= 0.3 is 0 Å². The number of aryl methyl sites for hydroxylation is 1. The number of carbonyl (C=O) groups excluding carboxylic acids is 1. The molecule has 0 aliphatic heterocycles. The van der Waals surface area contributed by atoms with Crippen molar-refractivity contribution in [2.45, 2.75) is 20.0 Å². The number of hydrogen-bond donors (Lipinski definition) is 0. The normalized spacial score (nSPS) is 12.2. The van der Waals surface area contributed by atoms with Gasteiger partial charge in [0, 0.05) is 0 Å². The summed E-state index contributed by atoms with van der Waals surface area (Å²) in [6.45, 7) is 3.72. The summed E-state index contributed by atoms with van der Waals surface area (Å²) in [5, 5.41) is 0. The second kappa shape index (κ2) is 3.90. The Kier molecular flexibility index (Phi) is 2.86. The van der Waals surface area contributed by atoms with E-state index in [1.54, 1.807) is 6.92 Å². The predicted molar refractivity (Wildman–Crippen MR) is 47.3 cm³/mol. The molecule has 0 saturated heterocycles. The van der Waals surface area contributed by atoms with Gasteiger partial charge in [0.05, 0.1) is 0 Å². The molecule has 1 aromatic carbocycles. The van der Waals surface area contributed by atoms with Gasteiger partial charge in [-0.3, -0.25) is 4.79 Å². The Bertz CT molecular complexity index is 251. The number of hydrogen-bond acceptors (Lipinski definition) is 2. The minimum Gasteiger partial charge on any atom is -0.483 e. The summed E-state index contributed by atoms with van der Waals surface area (Å²) < 4.78 is 5.25. The van der Waals surface area contributed by atoms with Crippen molar-refractivity contribution in [3.63, 3.8) is 0 Å². The van der Waals surface area contributed by atoms with E-state index in [1.807, 2.05) is 31.2 Å². The van der Waals surface area contributed by atoms with Gasteiger partial charge in [0.2, 0.25) is 0 Å². The maximum atomic E-state index is 10.3. The fourth-order valence-electron chi connectivity index (χ4n) is 0.859. The van der Waals surface area contributed by atoms with Crippen LogP contribution in [0.25, 0.3) is 0 Å². The molecule has 12 heavy (non-hydrogen) atoms. The zero-order chi connectivity index (χ0) is 8.97. The van der Waals surface area contributed by atoms with Crippen LogP contribution in [0.2, 0.25) is 0 Å². The minimum atomic E-state index is -0.368. The van der Waals surface area contributed by atoms with Gasteiger partial charge in [-0.2, -0.15) is 0 Å². The summed E-state index contributed by atoms with van der Waals surface area (Å²) in [6.07, 6.45) is 0.410. The maximum Gasteiger partial charge on any atom is 0.160 e. The summed E-state index contributed by atoms with van der Waals surface area (Å²) in [5.41, 5.74) is 1.18. The van der Waals surface area contributed by atoms with Gasteiger partial charge in [0.1, 0.15) is 5.75 Å². The Hall–Kier alpha value is -1.31. The molecular formula is C10H12O2. The summed E-state index contributed by atoms with van der Waals surface area (Å²) in [4.78, 5) is 10.3. The lowest BCUT2D eigenvalue weighted by Gasteiger charge is -2.07. The van der Waals surface area contributed by atoms with Gasteiger partial charge in [-0.05, 0) is 26.0 Å². The molecule has 2 heteroatoms. The average Bonchev–Trinajstić information content (AvgIpc) is 2.09. The van der Waals surface area contributed by atoms with Crippen LogP contribution in [0.1, 0.15) is 12.5 Å². The van der Waals surface area contributed by atoms with Crippen LogP contribution in [0.3, 0.4) is 0 Å². The first kappa shape index (κ1) is 8.78. The first-order chi connectivity index (χ1) is 5.72. The standard InChI is InChI=1S/C10H12O2/c1-8-3-5-10(6-4-8)12-9(2)7-11/h3-7,9H,1-2H3. The van der Waals surface area contributed by atoms with Gasteiger partial charge in [-0.15, -0.1) is 0 Å². The molecular weight excluding hydrogens is 152 g/mol. The van der Waals surface area contributed by atoms with Crippen molar-refractivity contribution in [3.05, 3.63) is 29.8 Å². The molecule has 0 aliphatic rings. The summed E-state index contributed by atoms with van der Waals surface area (Å²) >= 11 is 0. The lowest BCUT2D eigenvalue weighted by Crippen LogP contribution is -2.12. The highest BCUT2D eigenvalue weighted by Crippen LogP contribution is 2.12. The number of rotatable bonds is 3. The van der Waals surface area contributed by atoms with Crippen molar-refractivity contribution in [2.24, 2.45) is 0 Å². The molecule has 1 aromatic rings. The van der Waals surface area contributed by atoms with Crippen LogP contribution in [0.5, 0.6) is 5.75 Å². The van der Waals surface area contributed by atoms with Gasteiger partial charge in [-0.25, -0.2) is 0 Å². The van der Waals surface area contributed by atoms with E-state index in [2.05, 4.69) is 0 Å². The average molecular weight is 164 g/mol. The molecule has 0 spiro atoms. The highest BCUT2D eigenvalue weighted by atomic mass is 16.5. The topological polar surface area (TPSA) is 26.3 Å². The van der Waals surface area contributed by atoms with Gasteiger partial charge < -0.3 is 4.74 Å². The number of benzene rings is 1. The van der Waals surface area contributed by atoms with Crippen molar-refractivity contribution < 1.29 is 9.53 Å². The zero-order valence-electron chi connectivity index (χ0n) is 7.28. The molecule has 0 bridgehead atoms. The van der Waals surface area contributed by atoms with E-state index in [0.29, 0.717) is 0 Å². The van der Waals surface area contributed by atoms with Crippen molar-refractivity contribution in [1.82, 2.24) is 0 Å². The van der Waals surface area contributed by atoms with Crippen molar-refractivity contribution >= 4 is 6.29 Å². The van der Waals surface area contributed by atoms with Crippen molar-refractivity contribution in [1.29, 1.82) is 0 Å². The van der Waals surface area contributed by atoms with Crippen molar-refractivity contribution in [3.8, 4) is 5.75 Å². The van der Waals surface area contributed by atoms with Crippen LogP contribution >= 0.6 is 0 Å². The Labute approximate surface area is 72.2 Å². The molecule has 0 N–H and O–H groups in total. The lowest BCUT2D eigenvalue weighted by atomic mass is 10.2. The molecule has 0 amide bonds. The molecule has 1 atom stereocenters. The molecule has 1 rings (SSSR count). The third kappa shape index (κ3) is 2.38. The van der Waals surface area contributed by atoms with E-state index in [1.165, 1.54) is 5.56 Å². The van der Waals surface area contributed by atoms with Crippen LogP contribution in [-0.4, -0.2) is 12.4 Å². The number of aldehydes is 1. The summed E-state index contributed by atoms with van der Waals surface area (Å²) in [6, 6.07) is 7.62. The molecule has 64 valence electrons. The van der Waals surface area contributed by atoms with E-state index >= 15 is 0 Å².